The second-order valence-corrected chi connectivity index (χ2v) is 31.6. The molecule has 6 aromatic rings. The van der Waals surface area contributed by atoms with Crippen molar-refractivity contribution in [3.63, 3.8) is 0 Å². The van der Waals surface area contributed by atoms with E-state index in [-0.39, 0.29) is 43.3 Å². The fourth-order valence-electron chi connectivity index (χ4n) is 8.99. The lowest BCUT2D eigenvalue weighted by Crippen LogP contribution is -2.22. The lowest BCUT2D eigenvalue weighted by atomic mass is 9.77. The van der Waals surface area contributed by atoms with E-state index in [9.17, 15) is 0 Å². The summed E-state index contributed by atoms with van der Waals surface area (Å²) in [5.41, 5.74) is 12.8. The molecule has 0 saturated heterocycles. The molecule has 0 atom stereocenters. The fraction of sp³-hybridized carbons (Fsp3) is 0.607. The Bertz CT molecular complexity index is 2580. The van der Waals surface area contributed by atoms with E-state index in [1.165, 1.54) is 44.5 Å². The molecule has 0 radical (unpaired) electrons. The molecule has 0 aliphatic rings. The van der Waals surface area contributed by atoms with Crippen LogP contribution in [0.25, 0.3) is 43.9 Å². The van der Waals surface area contributed by atoms with Gasteiger partial charge in [-0.25, -0.2) is 9.34 Å². The van der Waals surface area contributed by atoms with Gasteiger partial charge in [0.1, 0.15) is 22.3 Å². The van der Waals surface area contributed by atoms with E-state index in [0.717, 1.165) is 63.4 Å². The van der Waals surface area contributed by atoms with E-state index in [2.05, 4.69) is 238 Å². The Labute approximate surface area is 420 Å². The molecule has 0 unspecified atom stereocenters. The average Bonchev–Trinajstić information content (AvgIpc) is 3.44. The molecule has 6 nitrogen and oxygen atoms in total. The Morgan fingerprint density at radius 2 is 0.493 bits per heavy atom. The van der Waals surface area contributed by atoms with Crippen LogP contribution in [0.2, 0.25) is 0 Å². The van der Waals surface area contributed by atoms with Crippen molar-refractivity contribution in [3.8, 4) is 0 Å². The Morgan fingerprint density at radius 3 is 0.652 bits per heavy atom. The maximum Gasteiger partial charge on any atom is 0.309 e. The number of rotatable bonds is 6. The third-order valence-corrected chi connectivity index (χ3v) is 16.7. The van der Waals surface area contributed by atoms with Crippen LogP contribution in [0, 0.1) is 0 Å². The summed E-state index contributed by atoms with van der Waals surface area (Å²) < 4.78 is 34.0. The first-order valence-electron chi connectivity index (χ1n) is 25.6. The second-order valence-electron chi connectivity index (χ2n) is 28.6. The smallest absolute Gasteiger partial charge is 0.309 e. The van der Waals surface area contributed by atoms with Gasteiger partial charge in [-0.2, -0.15) is 0 Å². The van der Waals surface area contributed by atoms with E-state index in [0.29, 0.717) is 0 Å². The zero-order chi connectivity index (χ0) is 52.2. The summed E-state index contributed by atoms with van der Waals surface area (Å²) in [5.74, 6) is 0. The number of fused-ring (bicyclic) bond motifs is 6. The van der Waals surface area contributed by atoms with Crippen LogP contribution in [-0.2, 0) is 43.3 Å². The summed E-state index contributed by atoms with van der Waals surface area (Å²) in [6.07, 6.45) is 0.845. The van der Waals surface area contributed by atoms with Gasteiger partial charge in [-0.05, 0) is 96.3 Å². The molecule has 0 aliphatic heterocycles. The van der Waals surface area contributed by atoms with Crippen molar-refractivity contribution in [2.45, 2.75) is 216 Å². The van der Waals surface area contributed by atoms with Gasteiger partial charge in [-0.3, -0.25) is 0 Å². The molecule has 4 aromatic carbocycles. The first kappa shape index (κ1) is 54.9. The van der Waals surface area contributed by atoms with E-state index in [1.807, 2.05) is 0 Å². The standard InChI is InChI=1S/C61H92N2O4P2/c1-54(2,3)38-30-42-43-31-39(55(4,5)6)35-47(59(16,17)18)51(43)65-68(64-50(42)46(34-38)58(13,14)15)62(25)28-27-29-63(26)69-66-52-44(32-40(56(7,8)9)36-48(52)60(19,20)21)45-33-41(57(10,11)12)37-49(53(45)67-69)61(22,23)24/h30-37H,27-29H2,1-26H3. The van der Waals surface area contributed by atoms with Crippen molar-refractivity contribution < 1.29 is 16.8 Å². The van der Waals surface area contributed by atoms with Crippen LogP contribution in [0.1, 0.15) is 217 Å². The average molecular weight is 979 g/mol. The van der Waals surface area contributed by atoms with E-state index >= 15 is 0 Å². The van der Waals surface area contributed by atoms with E-state index < -0.39 is 16.3 Å². The summed E-state index contributed by atoms with van der Waals surface area (Å²) in [5, 5.41) is 4.49. The van der Waals surface area contributed by atoms with Crippen molar-refractivity contribution >= 4 is 60.2 Å². The molecule has 8 heteroatoms. The Balaban J connectivity index is 1.56. The second kappa shape index (κ2) is 18.3. The molecule has 380 valence electrons. The lowest BCUT2D eigenvalue weighted by molar-refractivity contribution is 0.553. The molecule has 69 heavy (non-hydrogen) atoms. The minimum absolute atomic E-state index is 0.0613. The predicted octanol–water partition coefficient (Wildman–Crippen LogP) is 19.5. The first-order valence-corrected chi connectivity index (χ1v) is 27.9. The van der Waals surface area contributed by atoms with Gasteiger partial charge in [0.05, 0.1) is 0 Å². The zero-order valence-corrected chi connectivity index (χ0v) is 50.0. The van der Waals surface area contributed by atoms with Crippen molar-refractivity contribution in [1.29, 1.82) is 0 Å². The van der Waals surface area contributed by atoms with Crippen LogP contribution in [0.4, 0.5) is 0 Å². The fourth-order valence-corrected chi connectivity index (χ4v) is 11.6. The minimum Gasteiger partial charge on any atom is -0.407 e. The van der Waals surface area contributed by atoms with Gasteiger partial charge in [-0.15, -0.1) is 0 Å². The molecule has 0 N–H and O–H groups in total. The van der Waals surface area contributed by atoms with Crippen molar-refractivity contribution in [2.75, 3.05) is 36.5 Å². The quantitative estimate of drug-likeness (QED) is 0.166. The molecule has 0 spiro atoms. The number of nitrogens with zero attached hydrogens (tertiary/aromatic N) is 2. The summed E-state index contributed by atoms with van der Waals surface area (Å²) in [6, 6.07) is 19.1. The van der Waals surface area contributed by atoms with Gasteiger partial charge in [0.15, 0.2) is 0 Å². The van der Waals surface area contributed by atoms with Crippen LogP contribution >= 0.6 is 16.3 Å². The highest BCUT2D eigenvalue weighted by Crippen LogP contribution is 2.48. The van der Waals surface area contributed by atoms with Crippen LogP contribution in [-0.4, -0.2) is 27.2 Å². The van der Waals surface area contributed by atoms with Gasteiger partial charge in [-0.1, -0.05) is 190 Å². The number of benzene rings is 4. The molecular formula is C61H92N2O4P2. The third kappa shape index (κ3) is 11.8. The van der Waals surface area contributed by atoms with Crippen molar-refractivity contribution in [2.24, 2.45) is 0 Å². The van der Waals surface area contributed by atoms with E-state index in [1.54, 1.807) is 0 Å². The first-order chi connectivity index (χ1) is 31.1. The highest BCUT2D eigenvalue weighted by molar-refractivity contribution is 7.39. The SMILES string of the molecule is CN(CCCN(C)p1oc2c(C(C)(C)C)cc(C(C)(C)C)cc2c2cc(C(C)(C)C)cc(C(C)(C)C)c2o1)p1oc2c(C(C)(C)C)cc(C(C)(C)C)cc2c2cc(C(C)(C)C)cc(C(C)(C)C)c2o1. The predicted molar refractivity (Wildman–Crippen MR) is 305 cm³/mol. The van der Waals surface area contributed by atoms with Crippen LogP contribution in [0.15, 0.2) is 65.3 Å². The molecule has 0 aliphatic carbocycles. The normalized spacial score (nSPS) is 14.1. The Morgan fingerprint density at radius 1 is 0.304 bits per heavy atom. The van der Waals surface area contributed by atoms with Crippen LogP contribution < -0.4 is 9.34 Å². The van der Waals surface area contributed by atoms with Gasteiger partial charge < -0.3 is 16.8 Å². The summed E-state index contributed by atoms with van der Waals surface area (Å²) >= 11 is 0. The minimum atomic E-state index is -1.56. The largest absolute Gasteiger partial charge is 0.407 e. The molecular weight excluding hydrogens is 887 g/mol. The molecule has 2 aromatic heterocycles. The van der Waals surface area contributed by atoms with Crippen molar-refractivity contribution in [1.82, 2.24) is 0 Å². The maximum absolute atomic E-state index is 7.35. The molecule has 0 amide bonds. The molecule has 0 saturated carbocycles. The molecule has 0 fully saturated rings. The molecule has 0 bridgehead atoms. The van der Waals surface area contributed by atoms with Crippen LogP contribution in [0.5, 0.6) is 0 Å². The summed E-state index contributed by atoms with van der Waals surface area (Å²) in [6.45, 7) is 56.8. The Hall–Kier alpha value is -3.40. The molecule has 6 rings (SSSR count). The highest BCUT2D eigenvalue weighted by atomic mass is 31.1. The van der Waals surface area contributed by atoms with Crippen LogP contribution in [0.3, 0.4) is 0 Å². The zero-order valence-electron chi connectivity index (χ0n) is 48.2. The summed E-state index contributed by atoms with van der Waals surface area (Å²) in [7, 11) is 1.22. The van der Waals surface area contributed by atoms with E-state index in [4.69, 9.17) is 16.8 Å². The van der Waals surface area contributed by atoms with Gasteiger partial charge >= 0.3 is 16.3 Å². The maximum atomic E-state index is 7.35. The topological polar surface area (TPSA) is 59.0 Å². The van der Waals surface area contributed by atoms with Gasteiger partial charge in [0.2, 0.25) is 0 Å². The summed E-state index contributed by atoms with van der Waals surface area (Å²) in [4.78, 5) is 0. The monoisotopic (exact) mass is 979 g/mol. The van der Waals surface area contributed by atoms with Gasteiger partial charge in [0.25, 0.3) is 0 Å². The molecule has 2 heterocycles. The third-order valence-electron chi connectivity index (χ3n) is 13.8. The number of hydrogen-bond acceptors (Lipinski definition) is 6. The Kier molecular flexibility index (Phi) is 14.5. The number of hydrogen-bond donors (Lipinski definition) is 0. The highest BCUT2D eigenvalue weighted by Gasteiger charge is 2.32. The van der Waals surface area contributed by atoms with Gasteiger partial charge in [0, 0.05) is 71.0 Å². The van der Waals surface area contributed by atoms with Crippen molar-refractivity contribution in [3.05, 3.63) is 93.0 Å². The lowest BCUT2D eigenvalue weighted by Gasteiger charge is -2.27.